The number of likely N-dealkylation sites (tertiary alicyclic amines) is 1. The molecule has 1 fully saturated rings. The van der Waals surface area contributed by atoms with E-state index in [1.54, 1.807) is 5.56 Å². The first-order valence-electron chi connectivity index (χ1n) is 12.8. The Labute approximate surface area is 185 Å². The third-order valence-electron chi connectivity index (χ3n) is 7.30. The molecule has 30 heavy (non-hydrogen) atoms. The van der Waals surface area contributed by atoms with Gasteiger partial charge in [0.2, 0.25) is 0 Å². The molecule has 1 aliphatic heterocycles. The lowest BCUT2D eigenvalue weighted by Crippen LogP contribution is -2.40. The summed E-state index contributed by atoms with van der Waals surface area (Å²) in [5.41, 5.74) is 7.05. The molecule has 0 spiro atoms. The number of rotatable bonds is 10. The largest absolute Gasteiger partial charge is 0.300 e. The fourth-order valence-electron chi connectivity index (χ4n) is 5.54. The zero-order chi connectivity index (χ0) is 21.5. The van der Waals surface area contributed by atoms with Gasteiger partial charge < -0.3 is 4.90 Å². The molecule has 2 heterocycles. The summed E-state index contributed by atoms with van der Waals surface area (Å²) >= 11 is 0. The van der Waals surface area contributed by atoms with E-state index in [9.17, 15) is 0 Å². The number of pyridine rings is 1. The number of fused-ring (bicyclic) bond motifs is 1. The zero-order valence-corrected chi connectivity index (χ0v) is 20.3. The summed E-state index contributed by atoms with van der Waals surface area (Å²) in [4.78, 5) is 7.73. The molecule has 3 rings (SSSR count). The monoisotopic (exact) mass is 408 g/mol. The maximum absolute atomic E-state index is 4.97. The van der Waals surface area contributed by atoms with E-state index in [4.69, 9.17) is 4.98 Å². The van der Waals surface area contributed by atoms with Crippen LogP contribution in [-0.4, -0.2) is 29.0 Å². The van der Waals surface area contributed by atoms with Gasteiger partial charge in [-0.1, -0.05) is 47.0 Å². The van der Waals surface area contributed by atoms with Crippen LogP contribution < -0.4 is 0 Å². The van der Waals surface area contributed by atoms with Gasteiger partial charge in [0.1, 0.15) is 0 Å². The highest BCUT2D eigenvalue weighted by atomic mass is 15.2. The number of hydrogen-bond donors (Lipinski definition) is 0. The van der Waals surface area contributed by atoms with E-state index in [2.05, 4.69) is 57.7 Å². The number of hydrogen-bond acceptors (Lipinski definition) is 2. The Bertz CT molecular complexity index is 802. The minimum atomic E-state index is 0.681. The first kappa shape index (κ1) is 23.3. The Kier molecular flexibility index (Phi) is 8.74. The highest BCUT2D eigenvalue weighted by Crippen LogP contribution is 2.35. The summed E-state index contributed by atoms with van der Waals surface area (Å²) in [7, 11) is 0. The molecule has 0 amide bonds. The molecule has 1 saturated heterocycles. The van der Waals surface area contributed by atoms with Gasteiger partial charge >= 0.3 is 0 Å². The molecule has 0 saturated carbocycles. The Morgan fingerprint density at radius 1 is 0.967 bits per heavy atom. The summed E-state index contributed by atoms with van der Waals surface area (Å²) in [5, 5.41) is 1.43. The molecular formula is C28H44N2. The molecule has 0 aliphatic carbocycles. The molecule has 1 aliphatic rings. The molecule has 1 aromatic heterocycles. The number of unbranched alkanes of at least 4 members (excludes halogenated alkanes) is 2. The van der Waals surface area contributed by atoms with Crippen LogP contribution in [0.4, 0.5) is 0 Å². The van der Waals surface area contributed by atoms with Gasteiger partial charge in [-0.25, -0.2) is 0 Å². The van der Waals surface area contributed by atoms with Crippen molar-refractivity contribution in [1.82, 2.24) is 9.88 Å². The van der Waals surface area contributed by atoms with Gasteiger partial charge in [-0.05, 0) is 106 Å². The topological polar surface area (TPSA) is 16.1 Å². The Balaban J connectivity index is 1.85. The van der Waals surface area contributed by atoms with Crippen LogP contribution in [0, 0.1) is 6.92 Å². The van der Waals surface area contributed by atoms with E-state index < -0.39 is 0 Å². The van der Waals surface area contributed by atoms with Crippen LogP contribution in [0.15, 0.2) is 18.2 Å². The summed E-state index contributed by atoms with van der Waals surface area (Å²) < 4.78 is 0. The second-order valence-electron chi connectivity index (χ2n) is 9.46. The van der Waals surface area contributed by atoms with Crippen molar-refractivity contribution in [2.75, 3.05) is 13.1 Å². The molecular weight excluding hydrogens is 364 g/mol. The van der Waals surface area contributed by atoms with E-state index in [1.165, 1.54) is 98.6 Å². The number of aryl methyl sites for hydroxylation is 3. The van der Waals surface area contributed by atoms with Crippen molar-refractivity contribution in [2.45, 2.75) is 111 Å². The van der Waals surface area contributed by atoms with E-state index in [0.29, 0.717) is 5.92 Å². The summed E-state index contributed by atoms with van der Waals surface area (Å²) in [6, 6.07) is 8.09. The van der Waals surface area contributed by atoms with E-state index in [1.807, 2.05) is 0 Å². The first-order valence-corrected chi connectivity index (χ1v) is 12.8. The third-order valence-corrected chi connectivity index (χ3v) is 7.30. The lowest BCUT2D eigenvalue weighted by Gasteiger charge is -2.37. The number of nitrogens with zero attached hydrogens (tertiary/aromatic N) is 2. The predicted molar refractivity (Wildman–Crippen MR) is 132 cm³/mol. The molecule has 0 bridgehead atoms. The summed E-state index contributed by atoms with van der Waals surface area (Å²) in [6.45, 7) is 14.0. The SMILES string of the molecule is CCCCCc1cc2nc(C)cc(C3CCN(C(CC)CCC)CC3)c2cc1CC. The van der Waals surface area contributed by atoms with Gasteiger partial charge in [0, 0.05) is 17.1 Å². The van der Waals surface area contributed by atoms with Crippen LogP contribution in [0.1, 0.15) is 107 Å². The Morgan fingerprint density at radius 2 is 1.73 bits per heavy atom. The van der Waals surface area contributed by atoms with Crippen molar-refractivity contribution in [3.63, 3.8) is 0 Å². The van der Waals surface area contributed by atoms with E-state index in [-0.39, 0.29) is 0 Å². The highest BCUT2D eigenvalue weighted by Gasteiger charge is 2.26. The molecule has 2 nitrogen and oxygen atoms in total. The lowest BCUT2D eigenvalue weighted by atomic mass is 9.85. The van der Waals surface area contributed by atoms with Gasteiger partial charge in [0.25, 0.3) is 0 Å². The van der Waals surface area contributed by atoms with Gasteiger partial charge in [0.05, 0.1) is 5.52 Å². The molecule has 2 aromatic rings. The maximum atomic E-state index is 4.97. The maximum Gasteiger partial charge on any atom is 0.0710 e. The van der Waals surface area contributed by atoms with Crippen LogP contribution in [0.25, 0.3) is 10.9 Å². The standard InChI is InChI=1S/C28H44N2/c1-6-10-11-13-24-20-28-27(19-22(24)8-3)26(18-21(5)29-28)23-14-16-30(17-15-23)25(9-4)12-7-2/h18-20,23,25H,6-17H2,1-5H3. The molecule has 1 aromatic carbocycles. The third kappa shape index (κ3) is 5.44. The van der Waals surface area contributed by atoms with E-state index >= 15 is 0 Å². The van der Waals surface area contributed by atoms with Crippen molar-refractivity contribution in [3.8, 4) is 0 Å². The van der Waals surface area contributed by atoms with Crippen molar-refractivity contribution in [2.24, 2.45) is 0 Å². The predicted octanol–water partition coefficient (Wildman–Crippen LogP) is 7.60. The average Bonchev–Trinajstić information content (AvgIpc) is 2.76. The lowest BCUT2D eigenvalue weighted by molar-refractivity contribution is 0.140. The smallest absolute Gasteiger partial charge is 0.0710 e. The van der Waals surface area contributed by atoms with Gasteiger partial charge in [-0.2, -0.15) is 0 Å². The quantitative estimate of drug-likeness (QED) is 0.376. The number of aromatic nitrogens is 1. The fraction of sp³-hybridized carbons (Fsp3) is 0.679. The number of benzene rings is 1. The molecule has 0 N–H and O–H groups in total. The van der Waals surface area contributed by atoms with Crippen LogP contribution in [0.2, 0.25) is 0 Å². The van der Waals surface area contributed by atoms with Crippen LogP contribution in [0.5, 0.6) is 0 Å². The van der Waals surface area contributed by atoms with Crippen molar-refractivity contribution in [3.05, 3.63) is 40.6 Å². The molecule has 0 radical (unpaired) electrons. The van der Waals surface area contributed by atoms with Crippen molar-refractivity contribution >= 4 is 10.9 Å². The summed E-state index contributed by atoms with van der Waals surface area (Å²) in [6.07, 6.45) is 12.7. The Hall–Kier alpha value is -1.41. The Morgan fingerprint density at radius 3 is 2.37 bits per heavy atom. The van der Waals surface area contributed by atoms with Crippen LogP contribution in [0.3, 0.4) is 0 Å². The molecule has 166 valence electrons. The second kappa shape index (κ2) is 11.3. The fourth-order valence-corrected chi connectivity index (χ4v) is 5.54. The molecule has 2 heteroatoms. The molecule has 1 atom stereocenters. The normalized spacial score (nSPS) is 17.0. The first-order chi connectivity index (χ1) is 14.6. The van der Waals surface area contributed by atoms with Gasteiger partial charge in [-0.15, -0.1) is 0 Å². The highest BCUT2D eigenvalue weighted by molar-refractivity contribution is 5.84. The van der Waals surface area contributed by atoms with E-state index in [0.717, 1.165) is 12.5 Å². The zero-order valence-electron chi connectivity index (χ0n) is 20.3. The minimum Gasteiger partial charge on any atom is -0.300 e. The number of piperidine rings is 1. The summed E-state index contributed by atoms with van der Waals surface area (Å²) in [5.74, 6) is 0.681. The van der Waals surface area contributed by atoms with Gasteiger partial charge in [-0.3, -0.25) is 4.98 Å². The van der Waals surface area contributed by atoms with Crippen molar-refractivity contribution in [1.29, 1.82) is 0 Å². The van der Waals surface area contributed by atoms with Crippen LogP contribution >= 0.6 is 0 Å². The second-order valence-corrected chi connectivity index (χ2v) is 9.46. The molecule has 1 unspecified atom stereocenters. The minimum absolute atomic E-state index is 0.681. The van der Waals surface area contributed by atoms with Crippen molar-refractivity contribution < 1.29 is 0 Å². The van der Waals surface area contributed by atoms with Gasteiger partial charge in [0.15, 0.2) is 0 Å². The van der Waals surface area contributed by atoms with Crippen LogP contribution in [-0.2, 0) is 12.8 Å². The average molecular weight is 409 g/mol.